The van der Waals surface area contributed by atoms with E-state index in [1.807, 2.05) is 0 Å². The van der Waals surface area contributed by atoms with Crippen LogP contribution in [-0.4, -0.2) is 32.7 Å². The van der Waals surface area contributed by atoms with Crippen molar-refractivity contribution in [1.82, 2.24) is 4.31 Å². The lowest BCUT2D eigenvalue weighted by molar-refractivity contribution is -0.116. The number of amides is 1. The highest BCUT2D eigenvalue weighted by Crippen LogP contribution is 2.18. The SMILES string of the molecule is CCCCCC(=O)Nc1cccc(S(=O)(=O)N(C)C)c1. The third-order valence-electron chi connectivity index (χ3n) is 2.90. The van der Waals surface area contributed by atoms with Crippen LogP contribution in [0.3, 0.4) is 0 Å². The van der Waals surface area contributed by atoms with Gasteiger partial charge in [0, 0.05) is 26.2 Å². The molecular weight excluding hydrogens is 276 g/mol. The Morgan fingerprint density at radius 3 is 2.55 bits per heavy atom. The van der Waals surface area contributed by atoms with E-state index < -0.39 is 10.0 Å². The van der Waals surface area contributed by atoms with Crippen LogP contribution in [0.1, 0.15) is 32.6 Å². The lowest BCUT2D eigenvalue weighted by Gasteiger charge is -2.12. The van der Waals surface area contributed by atoms with Gasteiger partial charge in [0.05, 0.1) is 4.90 Å². The molecular formula is C14H22N2O3S. The summed E-state index contributed by atoms with van der Waals surface area (Å²) in [5.74, 6) is -0.0853. The predicted octanol–water partition coefficient (Wildman–Crippen LogP) is 2.46. The Balaban J connectivity index is 2.77. The number of carbonyl (C=O) groups excluding carboxylic acids is 1. The zero-order valence-electron chi connectivity index (χ0n) is 12.2. The minimum absolute atomic E-state index is 0.0853. The fourth-order valence-corrected chi connectivity index (χ4v) is 2.65. The van der Waals surface area contributed by atoms with Crippen LogP contribution in [-0.2, 0) is 14.8 Å². The fraction of sp³-hybridized carbons (Fsp3) is 0.500. The Morgan fingerprint density at radius 2 is 1.95 bits per heavy atom. The molecule has 0 saturated heterocycles. The van der Waals surface area contributed by atoms with Crippen molar-refractivity contribution < 1.29 is 13.2 Å². The number of nitrogens with zero attached hydrogens (tertiary/aromatic N) is 1. The lowest BCUT2D eigenvalue weighted by Crippen LogP contribution is -2.22. The molecule has 0 spiro atoms. The van der Waals surface area contributed by atoms with E-state index in [1.165, 1.54) is 26.2 Å². The van der Waals surface area contributed by atoms with Gasteiger partial charge in [-0.15, -0.1) is 0 Å². The van der Waals surface area contributed by atoms with Gasteiger partial charge in [0.15, 0.2) is 0 Å². The summed E-state index contributed by atoms with van der Waals surface area (Å²) in [7, 11) is -0.519. The molecule has 1 rings (SSSR count). The van der Waals surface area contributed by atoms with Crippen molar-refractivity contribution >= 4 is 21.6 Å². The number of anilines is 1. The van der Waals surface area contributed by atoms with Crippen molar-refractivity contribution in [3.8, 4) is 0 Å². The Hall–Kier alpha value is -1.40. The second-order valence-corrected chi connectivity index (χ2v) is 6.97. The molecule has 0 aliphatic carbocycles. The number of nitrogens with one attached hydrogen (secondary N) is 1. The average molecular weight is 298 g/mol. The summed E-state index contributed by atoms with van der Waals surface area (Å²) in [6, 6.07) is 6.31. The van der Waals surface area contributed by atoms with E-state index >= 15 is 0 Å². The number of sulfonamides is 1. The monoisotopic (exact) mass is 298 g/mol. The lowest BCUT2D eigenvalue weighted by atomic mass is 10.2. The molecule has 20 heavy (non-hydrogen) atoms. The van der Waals surface area contributed by atoms with E-state index in [1.54, 1.807) is 12.1 Å². The van der Waals surface area contributed by atoms with Crippen molar-refractivity contribution in [3.63, 3.8) is 0 Å². The van der Waals surface area contributed by atoms with Gasteiger partial charge in [-0.05, 0) is 24.6 Å². The Kier molecular flexibility index (Phi) is 6.16. The molecule has 1 aromatic carbocycles. The van der Waals surface area contributed by atoms with E-state index in [2.05, 4.69) is 12.2 Å². The van der Waals surface area contributed by atoms with Crippen LogP contribution < -0.4 is 5.32 Å². The molecule has 0 heterocycles. The van der Waals surface area contributed by atoms with E-state index in [9.17, 15) is 13.2 Å². The standard InChI is InChI=1S/C14H22N2O3S/c1-4-5-6-10-14(17)15-12-8-7-9-13(11-12)20(18,19)16(2)3/h7-9,11H,4-6,10H2,1-3H3,(H,15,17). The number of hydrogen-bond donors (Lipinski definition) is 1. The molecule has 0 bridgehead atoms. The predicted molar refractivity (Wildman–Crippen MR) is 80.1 cm³/mol. The van der Waals surface area contributed by atoms with Crippen LogP contribution in [0.2, 0.25) is 0 Å². The summed E-state index contributed by atoms with van der Waals surface area (Å²) >= 11 is 0. The Labute approximate surface area is 121 Å². The maximum atomic E-state index is 12.0. The molecule has 0 aromatic heterocycles. The zero-order chi connectivity index (χ0) is 15.2. The Morgan fingerprint density at radius 1 is 1.25 bits per heavy atom. The highest BCUT2D eigenvalue weighted by Gasteiger charge is 2.17. The number of hydrogen-bond acceptors (Lipinski definition) is 3. The van der Waals surface area contributed by atoms with Crippen LogP contribution in [0.25, 0.3) is 0 Å². The molecule has 0 unspecified atom stereocenters. The number of rotatable bonds is 7. The maximum absolute atomic E-state index is 12.0. The van der Waals surface area contributed by atoms with Crippen LogP contribution in [0.4, 0.5) is 5.69 Å². The van der Waals surface area contributed by atoms with Crippen LogP contribution in [0.15, 0.2) is 29.2 Å². The van der Waals surface area contributed by atoms with Crippen molar-refractivity contribution in [2.45, 2.75) is 37.5 Å². The third-order valence-corrected chi connectivity index (χ3v) is 4.71. The quantitative estimate of drug-likeness (QED) is 0.786. The highest BCUT2D eigenvalue weighted by atomic mass is 32.2. The molecule has 1 amide bonds. The van der Waals surface area contributed by atoms with Gasteiger partial charge in [0.2, 0.25) is 15.9 Å². The topological polar surface area (TPSA) is 66.5 Å². The molecule has 1 aromatic rings. The van der Waals surface area contributed by atoms with Gasteiger partial charge in [0.1, 0.15) is 0 Å². The molecule has 0 saturated carbocycles. The molecule has 0 aliphatic heterocycles. The van der Waals surface area contributed by atoms with Crippen LogP contribution in [0.5, 0.6) is 0 Å². The Bertz CT molecular complexity index is 553. The zero-order valence-corrected chi connectivity index (χ0v) is 13.0. The van der Waals surface area contributed by atoms with Crippen molar-refractivity contribution in [2.75, 3.05) is 19.4 Å². The van der Waals surface area contributed by atoms with Gasteiger partial charge in [-0.25, -0.2) is 12.7 Å². The van der Waals surface area contributed by atoms with Gasteiger partial charge < -0.3 is 5.32 Å². The third kappa shape index (κ3) is 4.61. The molecule has 0 radical (unpaired) electrons. The smallest absolute Gasteiger partial charge is 0.242 e. The summed E-state index contributed by atoms with van der Waals surface area (Å²) in [6.07, 6.45) is 3.38. The fourth-order valence-electron chi connectivity index (χ4n) is 1.70. The number of benzene rings is 1. The van der Waals surface area contributed by atoms with Crippen LogP contribution >= 0.6 is 0 Å². The molecule has 112 valence electrons. The van der Waals surface area contributed by atoms with Crippen molar-refractivity contribution in [1.29, 1.82) is 0 Å². The molecule has 0 aliphatic rings. The number of carbonyl (C=O) groups is 1. The van der Waals surface area contributed by atoms with Crippen molar-refractivity contribution in [3.05, 3.63) is 24.3 Å². The molecule has 5 nitrogen and oxygen atoms in total. The molecule has 6 heteroatoms. The first-order chi connectivity index (χ1) is 9.37. The van der Waals surface area contributed by atoms with Crippen LogP contribution in [0, 0.1) is 0 Å². The minimum Gasteiger partial charge on any atom is -0.326 e. The average Bonchev–Trinajstić information content (AvgIpc) is 2.39. The van der Waals surface area contributed by atoms with E-state index in [0.29, 0.717) is 12.1 Å². The molecule has 0 atom stereocenters. The summed E-state index contributed by atoms with van der Waals surface area (Å²) in [5, 5.41) is 2.73. The second-order valence-electron chi connectivity index (χ2n) is 4.82. The summed E-state index contributed by atoms with van der Waals surface area (Å²) in [4.78, 5) is 11.9. The molecule has 1 N–H and O–H groups in total. The maximum Gasteiger partial charge on any atom is 0.242 e. The van der Waals surface area contributed by atoms with Gasteiger partial charge in [0.25, 0.3) is 0 Å². The van der Waals surface area contributed by atoms with Gasteiger partial charge in [-0.2, -0.15) is 0 Å². The minimum atomic E-state index is -3.47. The number of unbranched alkanes of at least 4 members (excludes halogenated alkanes) is 2. The van der Waals surface area contributed by atoms with Crippen molar-refractivity contribution in [2.24, 2.45) is 0 Å². The first-order valence-corrected chi connectivity index (χ1v) is 8.14. The molecule has 0 fully saturated rings. The van der Waals surface area contributed by atoms with E-state index in [4.69, 9.17) is 0 Å². The summed E-state index contributed by atoms with van der Waals surface area (Å²) in [5.41, 5.74) is 0.509. The summed E-state index contributed by atoms with van der Waals surface area (Å²) < 4.78 is 25.1. The van der Waals surface area contributed by atoms with E-state index in [-0.39, 0.29) is 10.8 Å². The second kappa shape index (κ2) is 7.40. The van der Waals surface area contributed by atoms with Gasteiger partial charge in [-0.1, -0.05) is 25.8 Å². The largest absolute Gasteiger partial charge is 0.326 e. The summed E-state index contributed by atoms with van der Waals surface area (Å²) in [6.45, 7) is 2.08. The van der Waals surface area contributed by atoms with Gasteiger partial charge in [-0.3, -0.25) is 4.79 Å². The van der Waals surface area contributed by atoms with Gasteiger partial charge >= 0.3 is 0 Å². The first-order valence-electron chi connectivity index (χ1n) is 6.70. The highest BCUT2D eigenvalue weighted by molar-refractivity contribution is 7.89. The normalized spacial score (nSPS) is 11.6. The van der Waals surface area contributed by atoms with E-state index in [0.717, 1.165) is 23.6 Å². The first kappa shape index (κ1) is 16.7.